The van der Waals surface area contributed by atoms with E-state index in [4.69, 9.17) is 16.3 Å². The highest BCUT2D eigenvalue weighted by atomic mass is 35.5. The second-order valence-electron chi connectivity index (χ2n) is 6.93. The van der Waals surface area contributed by atoms with Gasteiger partial charge < -0.3 is 9.64 Å². The summed E-state index contributed by atoms with van der Waals surface area (Å²) in [7, 11) is 0. The predicted molar refractivity (Wildman–Crippen MR) is 113 cm³/mol. The molecule has 146 valence electrons. The smallest absolute Gasteiger partial charge is 0.260 e. The van der Waals surface area contributed by atoms with E-state index in [0.29, 0.717) is 5.75 Å². The number of carbonyl (C=O) groups excluding carboxylic acids is 1. The predicted octanol–water partition coefficient (Wildman–Crippen LogP) is 3.98. The van der Waals surface area contributed by atoms with Crippen LogP contribution in [0.4, 0.5) is 0 Å². The lowest BCUT2D eigenvalue weighted by atomic mass is 10.2. The number of aryl methyl sites for hydroxylation is 1. The number of amides is 1. The van der Waals surface area contributed by atoms with E-state index in [1.54, 1.807) is 11.3 Å². The van der Waals surface area contributed by atoms with E-state index in [2.05, 4.69) is 9.88 Å². The van der Waals surface area contributed by atoms with Gasteiger partial charge in [-0.15, -0.1) is 11.3 Å². The van der Waals surface area contributed by atoms with Crippen molar-refractivity contribution >= 4 is 39.1 Å². The van der Waals surface area contributed by atoms with Gasteiger partial charge in [-0.25, -0.2) is 4.98 Å². The molecule has 3 aromatic rings. The quantitative estimate of drug-likeness (QED) is 0.632. The molecule has 4 rings (SSSR count). The number of halogens is 1. The second-order valence-corrected chi connectivity index (χ2v) is 8.61. The molecule has 7 heteroatoms. The maximum Gasteiger partial charge on any atom is 0.260 e. The van der Waals surface area contributed by atoms with Gasteiger partial charge in [0.25, 0.3) is 5.91 Å². The second kappa shape index (κ2) is 8.47. The third-order valence-electron chi connectivity index (χ3n) is 4.87. The van der Waals surface area contributed by atoms with Gasteiger partial charge in [-0.3, -0.25) is 9.69 Å². The molecule has 0 bridgehead atoms. The number of hydrogen-bond donors (Lipinski definition) is 0. The molecule has 1 aliphatic rings. The zero-order valence-electron chi connectivity index (χ0n) is 15.7. The fourth-order valence-corrected chi connectivity index (χ4v) is 4.29. The Morgan fingerprint density at radius 1 is 1.14 bits per heavy atom. The highest BCUT2D eigenvalue weighted by molar-refractivity contribution is 7.18. The van der Waals surface area contributed by atoms with Crippen molar-refractivity contribution in [3.63, 3.8) is 0 Å². The lowest BCUT2D eigenvalue weighted by Crippen LogP contribution is -2.49. The molecule has 0 atom stereocenters. The molecule has 0 saturated carbocycles. The molecule has 0 spiro atoms. The standard InChI is InChI=1S/C21H22ClN3O2S/c1-15-23-19-12-18(6-7-20(19)28-15)27-14-21(26)25-10-8-24(9-11-25)13-16-2-4-17(22)5-3-16/h2-7,12H,8-11,13-14H2,1H3. The average molecular weight is 416 g/mol. The number of thiazole rings is 1. The zero-order valence-corrected chi connectivity index (χ0v) is 17.3. The first-order valence-corrected chi connectivity index (χ1v) is 10.5. The summed E-state index contributed by atoms with van der Waals surface area (Å²) in [6.45, 7) is 6.09. The minimum absolute atomic E-state index is 0.0284. The Kier molecular flexibility index (Phi) is 5.80. The van der Waals surface area contributed by atoms with E-state index in [9.17, 15) is 4.79 Å². The zero-order chi connectivity index (χ0) is 19.5. The van der Waals surface area contributed by atoms with Gasteiger partial charge >= 0.3 is 0 Å². The van der Waals surface area contributed by atoms with Crippen LogP contribution in [0.25, 0.3) is 10.2 Å². The van der Waals surface area contributed by atoms with Crippen molar-refractivity contribution in [3.8, 4) is 5.75 Å². The minimum atomic E-state index is 0.0284. The van der Waals surface area contributed by atoms with E-state index in [1.807, 2.05) is 54.3 Å². The number of rotatable bonds is 5. The molecule has 1 saturated heterocycles. The van der Waals surface area contributed by atoms with Gasteiger partial charge in [-0.1, -0.05) is 23.7 Å². The van der Waals surface area contributed by atoms with Gasteiger partial charge in [-0.05, 0) is 36.8 Å². The molecule has 5 nitrogen and oxygen atoms in total. The van der Waals surface area contributed by atoms with Crippen LogP contribution in [-0.4, -0.2) is 53.5 Å². The molecule has 1 amide bonds. The first kappa shape index (κ1) is 19.2. The van der Waals surface area contributed by atoms with Crippen molar-refractivity contribution in [2.24, 2.45) is 0 Å². The third kappa shape index (κ3) is 4.63. The molecule has 1 aromatic heterocycles. The van der Waals surface area contributed by atoms with Crippen LogP contribution in [0.15, 0.2) is 42.5 Å². The fourth-order valence-electron chi connectivity index (χ4n) is 3.35. The van der Waals surface area contributed by atoms with E-state index >= 15 is 0 Å². The number of ether oxygens (including phenoxy) is 1. The molecule has 1 fully saturated rings. The summed E-state index contributed by atoms with van der Waals surface area (Å²) < 4.78 is 6.85. The van der Waals surface area contributed by atoms with E-state index < -0.39 is 0 Å². The number of fused-ring (bicyclic) bond motifs is 1. The van der Waals surface area contributed by atoms with E-state index in [-0.39, 0.29) is 12.5 Å². The molecule has 28 heavy (non-hydrogen) atoms. The summed E-state index contributed by atoms with van der Waals surface area (Å²) in [6, 6.07) is 13.7. The largest absolute Gasteiger partial charge is 0.484 e. The Morgan fingerprint density at radius 3 is 2.64 bits per heavy atom. The number of hydrogen-bond acceptors (Lipinski definition) is 5. The number of aromatic nitrogens is 1. The minimum Gasteiger partial charge on any atom is -0.484 e. The first-order valence-electron chi connectivity index (χ1n) is 9.31. The van der Waals surface area contributed by atoms with Crippen molar-refractivity contribution in [2.75, 3.05) is 32.8 Å². The van der Waals surface area contributed by atoms with Crippen molar-refractivity contribution in [1.82, 2.24) is 14.8 Å². The average Bonchev–Trinajstić information content (AvgIpc) is 3.08. The number of piperazine rings is 1. The van der Waals surface area contributed by atoms with Gasteiger partial charge in [0.2, 0.25) is 0 Å². The molecule has 2 aromatic carbocycles. The normalized spacial score (nSPS) is 15.1. The molecule has 0 N–H and O–H groups in total. The maximum absolute atomic E-state index is 12.5. The van der Waals surface area contributed by atoms with Crippen molar-refractivity contribution in [1.29, 1.82) is 0 Å². The lowest BCUT2D eigenvalue weighted by molar-refractivity contribution is -0.135. The van der Waals surface area contributed by atoms with Crippen LogP contribution in [0.3, 0.4) is 0 Å². The first-order chi connectivity index (χ1) is 13.6. The van der Waals surface area contributed by atoms with Gasteiger partial charge in [-0.2, -0.15) is 0 Å². The highest BCUT2D eigenvalue weighted by Crippen LogP contribution is 2.25. The number of nitrogens with zero attached hydrogens (tertiary/aromatic N) is 3. The topological polar surface area (TPSA) is 45.7 Å². The Hall–Kier alpha value is -2.15. The van der Waals surface area contributed by atoms with Crippen LogP contribution in [0.5, 0.6) is 5.75 Å². The highest BCUT2D eigenvalue weighted by Gasteiger charge is 2.21. The van der Waals surface area contributed by atoms with Gasteiger partial charge in [0, 0.05) is 43.8 Å². The summed E-state index contributed by atoms with van der Waals surface area (Å²) in [5.41, 5.74) is 2.16. The summed E-state index contributed by atoms with van der Waals surface area (Å²) in [6.07, 6.45) is 0. The lowest BCUT2D eigenvalue weighted by Gasteiger charge is -2.34. The number of carbonyl (C=O) groups is 1. The van der Waals surface area contributed by atoms with Crippen LogP contribution < -0.4 is 4.74 Å². The maximum atomic E-state index is 12.5. The van der Waals surface area contributed by atoms with E-state index in [1.165, 1.54) is 5.56 Å². The Labute approximate surface area is 173 Å². The summed E-state index contributed by atoms with van der Waals surface area (Å²) in [4.78, 5) is 21.2. The van der Waals surface area contributed by atoms with Gasteiger partial charge in [0.1, 0.15) is 5.75 Å². The molecular weight excluding hydrogens is 394 g/mol. The Morgan fingerprint density at radius 2 is 1.89 bits per heavy atom. The summed E-state index contributed by atoms with van der Waals surface area (Å²) in [5, 5.41) is 1.78. The Balaban J connectivity index is 1.25. The molecule has 1 aliphatic heterocycles. The van der Waals surface area contributed by atoms with Crippen LogP contribution in [-0.2, 0) is 11.3 Å². The molecule has 0 radical (unpaired) electrons. The van der Waals surface area contributed by atoms with Gasteiger partial charge in [0.05, 0.1) is 15.2 Å². The monoisotopic (exact) mass is 415 g/mol. The third-order valence-corrected chi connectivity index (χ3v) is 6.08. The molecule has 0 unspecified atom stereocenters. The van der Waals surface area contributed by atoms with E-state index in [0.717, 1.165) is 53.0 Å². The number of benzene rings is 2. The van der Waals surface area contributed by atoms with Gasteiger partial charge in [0.15, 0.2) is 6.61 Å². The molecule has 0 aliphatic carbocycles. The molecular formula is C21H22ClN3O2S. The Bertz CT molecular complexity index is 965. The summed E-state index contributed by atoms with van der Waals surface area (Å²) >= 11 is 7.60. The van der Waals surface area contributed by atoms with Crippen LogP contribution in [0.1, 0.15) is 10.6 Å². The van der Waals surface area contributed by atoms with Crippen LogP contribution in [0, 0.1) is 6.92 Å². The molecule has 2 heterocycles. The van der Waals surface area contributed by atoms with Crippen molar-refractivity contribution in [3.05, 3.63) is 58.1 Å². The van der Waals surface area contributed by atoms with Crippen LogP contribution in [0.2, 0.25) is 5.02 Å². The van der Waals surface area contributed by atoms with Crippen molar-refractivity contribution < 1.29 is 9.53 Å². The van der Waals surface area contributed by atoms with Crippen molar-refractivity contribution in [2.45, 2.75) is 13.5 Å². The summed E-state index contributed by atoms with van der Waals surface area (Å²) in [5.74, 6) is 0.716. The SMILES string of the molecule is Cc1nc2cc(OCC(=O)N3CCN(Cc4ccc(Cl)cc4)CC3)ccc2s1. The fraction of sp³-hybridized carbons (Fsp3) is 0.333. The van der Waals surface area contributed by atoms with Crippen LogP contribution >= 0.6 is 22.9 Å².